The zero-order chi connectivity index (χ0) is 19.7. The van der Waals surface area contributed by atoms with Gasteiger partial charge < -0.3 is 9.64 Å². The molecule has 28 heavy (non-hydrogen) atoms. The van der Waals surface area contributed by atoms with Crippen molar-refractivity contribution in [3.05, 3.63) is 59.7 Å². The lowest BCUT2D eigenvalue weighted by atomic mass is 9.89. The van der Waals surface area contributed by atoms with Crippen LogP contribution in [-0.2, 0) is 14.3 Å². The Morgan fingerprint density at radius 2 is 1.86 bits per heavy atom. The highest BCUT2D eigenvalue weighted by atomic mass is 19.1. The largest absolute Gasteiger partial charge is 0.465 e. The van der Waals surface area contributed by atoms with Crippen LogP contribution in [0.25, 0.3) is 11.1 Å². The van der Waals surface area contributed by atoms with Crippen LogP contribution in [0.2, 0.25) is 0 Å². The summed E-state index contributed by atoms with van der Waals surface area (Å²) in [5.74, 6) is -0.807. The van der Waals surface area contributed by atoms with Gasteiger partial charge in [0.25, 0.3) is 0 Å². The number of rotatable bonds is 5. The molecule has 2 aromatic carbocycles. The fraction of sp³-hybridized carbons (Fsp3) is 0.364. The van der Waals surface area contributed by atoms with E-state index < -0.39 is 11.6 Å². The number of nitrogens with zero attached hydrogens (tertiary/aromatic N) is 1. The van der Waals surface area contributed by atoms with Crippen molar-refractivity contribution in [3.8, 4) is 11.1 Å². The molecule has 6 heteroatoms. The molecule has 2 saturated heterocycles. The van der Waals surface area contributed by atoms with E-state index in [9.17, 15) is 18.4 Å². The predicted octanol–water partition coefficient (Wildman–Crippen LogP) is 3.90. The summed E-state index contributed by atoms with van der Waals surface area (Å²) in [6, 6.07) is 11.1. The van der Waals surface area contributed by atoms with E-state index in [2.05, 4.69) is 0 Å². The highest BCUT2D eigenvalue weighted by Gasteiger charge is 2.32. The van der Waals surface area contributed by atoms with Crippen LogP contribution >= 0.6 is 0 Å². The molecule has 0 bridgehead atoms. The third-order valence-corrected chi connectivity index (χ3v) is 5.56. The molecule has 146 valence electrons. The number of ether oxygens (including phenoxy) is 1. The topological polar surface area (TPSA) is 46.6 Å². The maximum absolute atomic E-state index is 13.9. The number of benzene rings is 2. The minimum Gasteiger partial charge on any atom is -0.465 e. The smallest absolute Gasteiger partial charge is 0.306 e. The third-order valence-electron chi connectivity index (χ3n) is 5.56. The van der Waals surface area contributed by atoms with Crippen LogP contribution in [0.3, 0.4) is 0 Å². The minimum atomic E-state index is -0.593. The van der Waals surface area contributed by atoms with Gasteiger partial charge >= 0.3 is 5.97 Å². The van der Waals surface area contributed by atoms with Gasteiger partial charge in [0.2, 0.25) is 5.91 Å². The summed E-state index contributed by atoms with van der Waals surface area (Å²) in [5, 5.41) is 0. The molecule has 0 radical (unpaired) electrons. The molecule has 2 heterocycles. The molecule has 2 aromatic rings. The first-order chi connectivity index (χ1) is 13.5. The number of likely N-dealkylation sites (tertiary alicyclic amines) is 1. The number of esters is 1. The van der Waals surface area contributed by atoms with Crippen LogP contribution in [0.15, 0.2) is 42.5 Å². The second kappa shape index (κ2) is 7.70. The van der Waals surface area contributed by atoms with E-state index in [1.807, 2.05) is 29.2 Å². The van der Waals surface area contributed by atoms with E-state index in [-0.39, 0.29) is 23.7 Å². The Morgan fingerprint density at radius 1 is 1.11 bits per heavy atom. The van der Waals surface area contributed by atoms with Crippen molar-refractivity contribution >= 4 is 11.9 Å². The summed E-state index contributed by atoms with van der Waals surface area (Å²) in [5.41, 5.74) is 2.17. The number of amides is 1. The minimum absolute atomic E-state index is 0.112. The summed E-state index contributed by atoms with van der Waals surface area (Å²) in [6.45, 7) is 1.77. The van der Waals surface area contributed by atoms with E-state index in [1.54, 1.807) is 0 Å². The Morgan fingerprint density at radius 3 is 2.50 bits per heavy atom. The highest BCUT2D eigenvalue weighted by Crippen LogP contribution is 2.31. The van der Waals surface area contributed by atoms with Gasteiger partial charge in [-0.05, 0) is 29.7 Å². The monoisotopic (exact) mass is 385 g/mol. The molecule has 0 N–H and O–H groups in total. The van der Waals surface area contributed by atoms with Gasteiger partial charge in [-0.25, -0.2) is 8.78 Å². The molecule has 2 aliphatic rings. The van der Waals surface area contributed by atoms with Gasteiger partial charge in [-0.1, -0.05) is 24.3 Å². The van der Waals surface area contributed by atoms with Crippen molar-refractivity contribution in [2.24, 2.45) is 5.92 Å². The van der Waals surface area contributed by atoms with E-state index in [4.69, 9.17) is 4.74 Å². The number of hydrogen-bond acceptors (Lipinski definition) is 3. The molecule has 2 aliphatic heterocycles. The molecular formula is C22H21F2NO3. The number of carbonyl (C=O) groups is 2. The molecule has 0 spiro atoms. The Balaban J connectivity index is 1.29. The van der Waals surface area contributed by atoms with Crippen molar-refractivity contribution in [1.82, 2.24) is 4.90 Å². The fourth-order valence-corrected chi connectivity index (χ4v) is 3.79. The summed E-state index contributed by atoms with van der Waals surface area (Å²) in [7, 11) is 0. The summed E-state index contributed by atoms with van der Waals surface area (Å²) >= 11 is 0. The molecule has 4 nitrogen and oxygen atoms in total. The highest BCUT2D eigenvalue weighted by molar-refractivity contribution is 5.77. The van der Waals surface area contributed by atoms with Crippen LogP contribution in [-0.4, -0.2) is 36.5 Å². The van der Waals surface area contributed by atoms with Crippen LogP contribution in [0.1, 0.15) is 30.7 Å². The maximum Gasteiger partial charge on any atom is 0.306 e. The zero-order valence-electron chi connectivity index (χ0n) is 15.4. The Kier molecular flexibility index (Phi) is 5.11. The van der Waals surface area contributed by atoms with Crippen molar-refractivity contribution < 1.29 is 23.1 Å². The summed E-state index contributed by atoms with van der Waals surface area (Å²) < 4.78 is 31.9. The quantitative estimate of drug-likeness (QED) is 0.734. The first-order valence-corrected chi connectivity index (χ1v) is 9.48. The lowest BCUT2D eigenvalue weighted by Crippen LogP contribution is -2.48. The SMILES string of the molecule is O=C1C[C@H](CCC(=O)N2CC(c3ccc(-c4ccc(F)cc4F)cc3)C2)CO1. The first-order valence-electron chi connectivity index (χ1n) is 9.48. The normalized spacial score (nSPS) is 19.4. The number of halogens is 2. The summed E-state index contributed by atoms with van der Waals surface area (Å²) in [4.78, 5) is 25.2. The molecular weight excluding hydrogens is 364 g/mol. The molecule has 0 saturated carbocycles. The standard InChI is InChI=1S/C22H21F2NO3/c23-18-6-7-19(20(24)10-18)16-4-2-15(3-5-16)17-11-25(12-17)21(26)8-1-14-9-22(27)28-13-14/h2-7,10,14,17H,1,8-9,11-13H2/t14-/m0/s1. The first kappa shape index (κ1) is 18.6. The van der Waals surface area contributed by atoms with Crippen molar-refractivity contribution in [3.63, 3.8) is 0 Å². The molecule has 0 aliphatic carbocycles. The molecule has 0 unspecified atom stereocenters. The van der Waals surface area contributed by atoms with Crippen LogP contribution in [0.4, 0.5) is 8.78 Å². The molecule has 1 atom stereocenters. The van der Waals surface area contributed by atoms with Gasteiger partial charge in [-0.15, -0.1) is 0 Å². The predicted molar refractivity (Wildman–Crippen MR) is 99.4 cm³/mol. The fourth-order valence-electron chi connectivity index (χ4n) is 3.79. The average Bonchev–Trinajstić information content (AvgIpc) is 3.05. The summed E-state index contributed by atoms with van der Waals surface area (Å²) in [6.07, 6.45) is 1.54. The zero-order valence-corrected chi connectivity index (χ0v) is 15.4. The van der Waals surface area contributed by atoms with Gasteiger partial charge in [0.1, 0.15) is 11.6 Å². The van der Waals surface area contributed by atoms with E-state index in [0.717, 1.165) is 11.6 Å². The molecule has 2 fully saturated rings. The van der Waals surface area contributed by atoms with Crippen LogP contribution < -0.4 is 0 Å². The van der Waals surface area contributed by atoms with Crippen molar-refractivity contribution in [2.45, 2.75) is 25.2 Å². The number of cyclic esters (lactones) is 1. The molecule has 4 rings (SSSR count). The number of hydrogen-bond donors (Lipinski definition) is 0. The van der Waals surface area contributed by atoms with Crippen molar-refractivity contribution in [1.29, 1.82) is 0 Å². The Labute approximate surface area is 162 Å². The molecule has 1 amide bonds. The average molecular weight is 385 g/mol. The van der Waals surface area contributed by atoms with E-state index in [0.29, 0.717) is 50.1 Å². The Hall–Kier alpha value is -2.76. The lowest BCUT2D eigenvalue weighted by Gasteiger charge is -2.40. The third kappa shape index (κ3) is 3.91. The van der Waals surface area contributed by atoms with E-state index in [1.165, 1.54) is 12.1 Å². The maximum atomic E-state index is 13.9. The van der Waals surface area contributed by atoms with Gasteiger partial charge in [0.05, 0.1) is 13.0 Å². The van der Waals surface area contributed by atoms with E-state index >= 15 is 0 Å². The second-order valence-electron chi connectivity index (χ2n) is 7.53. The van der Waals surface area contributed by atoms with Gasteiger partial charge in [-0.3, -0.25) is 9.59 Å². The van der Waals surface area contributed by atoms with Crippen molar-refractivity contribution in [2.75, 3.05) is 19.7 Å². The van der Waals surface area contributed by atoms with Crippen LogP contribution in [0.5, 0.6) is 0 Å². The van der Waals surface area contributed by atoms with Gasteiger partial charge in [-0.2, -0.15) is 0 Å². The Bertz CT molecular complexity index is 891. The lowest BCUT2D eigenvalue weighted by molar-refractivity contribution is -0.138. The van der Waals surface area contributed by atoms with Gasteiger partial charge in [0.15, 0.2) is 0 Å². The molecule has 0 aromatic heterocycles. The van der Waals surface area contributed by atoms with Crippen LogP contribution in [0, 0.1) is 17.6 Å². The second-order valence-corrected chi connectivity index (χ2v) is 7.53. The van der Waals surface area contributed by atoms with Gasteiger partial charge in [0, 0.05) is 43.0 Å². The number of carbonyl (C=O) groups excluding carboxylic acids is 2.